The molecular weight excluding hydrogens is 206 g/mol. The average Bonchev–Trinajstić information content (AvgIpc) is 2.09. The van der Waals surface area contributed by atoms with Crippen LogP contribution in [0.1, 0.15) is 5.56 Å². The Hall–Kier alpha value is -1.26. The van der Waals surface area contributed by atoms with Crippen LogP contribution in [-0.4, -0.2) is 22.2 Å². The molecule has 0 radical (unpaired) electrons. The molecule has 0 saturated heterocycles. The van der Waals surface area contributed by atoms with Crippen molar-refractivity contribution in [3.8, 4) is 5.75 Å². The molecule has 4 N–H and O–H groups in total. The third kappa shape index (κ3) is 2.61. The average molecular weight is 216 g/mol. The van der Waals surface area contributed by atoms with Gasteiger partial charge in [0.2, 0.25) is 0 Å². The minimum absolute atomic E-state index is 0.0441. The number of aliphatic carboxylic acids is 1. The lowest BCUT2D eigenvalue weighted by molar-refractivity contribution is -0.138. The Kier molecular flexibility index (Phi) is 3.33. The largest absolute Gasteiger partial charge is 0.508 e. The summed E-state index contributed by atoms with van der Waals surface area (Å²) in [5, 5.41) is 17.9. The van der Waals surface area contributed by atoms with Gasteiger partial charge in [-0.05, 0) is 24.1 Å². The molecule has 0 aliphatic rings. The Labute approximate surface area is 85.9 Å². The van der Waals surface area contributed by atoms with E-state index in [4.69, 9.17) is 27.5 Å². The molecule has 1 aromatic carbocycles. The van der Waals surface area contributed by atoms with Crippen molar-refractivity contribution in [3.05, 3.63) is 28.8 Å². The van der Waals surface area contributed by atoms with Crippen LogP contribution in [0.3, 0.4) is 0 Å². The summed E-state index contributed by atoms with van der Waals surface area (Å²) in [7, 11) is 0. The molecule has 0 spiro atoms. The highest BCUT2D eigenvalue weighted by Crippen LogP contribution is 2.22. The molecule has 1 atom stereocenters. The van der Waals surface area contributed by atoms with Crippen molar-refractivity contribution in [3.63, 3.8) is 0 Å². The topological polar surface area (TPSA) is 83.5 Å². The highest BCUT2D eigenvalue weighted by Gasteiger charge is 2.13. The molecule has 1 rings (SSSR count). The van der Waals surface area contributed by atoms with E-state index in [0.29, 0.717) is 10.6 Å². The molecule has 0 aromatic heterocycles. The number of nitrogens with two attached hydrogens (primary N) is 1. The van der Waals surface area contributed by atoms with E-state index in [0.717, 1.165) is 0 Å². The van der Waals surface area contributed by atoms with Crippen molar-refractivity contribution in [2.45, 2.75) is 12.5 Å². The Morgan fingerprint density at radius 3 is 2.71 bits per heavy atom. The number of hydrogen-bond donors (Lipinski definition) is 3. The number of benzene rings is 1. The van der Waals surface area contributed by atoms with Crippen molar-refractivity contribution in [1.82, 2.24) is 0 Å². The summed E-state index contributed by atoms with van der Waals surface area (Å²) in [6.45, 7) is 0. The zero-order chi connectivity index (χ0) is 10.7. The molecular formula is C9H10ClNO3. The first-order valence-corrected chi connectivity index (χ1v) is 4.34. The lowest BCUT2D eigenvalue weighted by atomic mass is 10.1. The minimum Gasteiger partial charge on any atom is -0.508 e. The monoisotopic (exact) mass is 215 g/mol. The molecule has 76 valence electrons. The summed E-state index contributed by atoms with van der Waals surface area (Å²) in [6.07, 6.45) is 0.147. The van der Waals surface area contributed by atoms with Crippen molar-refractivity contribution in [2.75, 3.05) is 0 Å². The second kappa shape index (κ2) is 4.30. The van der Waals surface area contributed by atoms with Crippen LogP contribution in [-0.2, 0) is 11.2 Å². The summed E-state index contributed by atoms with van der Waals surface area (Å²) >= 11 is 5.77. The smallest absolute Gasteiger partial charge is 0.320 e. The number of phenolic OH excluding ortho intramolecular Hbond substituents is 1. The Balaban J connectivity index is 2.82. The van der Waals surface area contributed by atoms with Crippen LogP contribution in [0.15, 0.2) is 18.2 Å². The minimum atomic E-state index is -1.07. The van der Waals surface area contributed by atoms with Crippen molar-refractivity contribution in [1.29, 1.82) is 0 Å². The fourth-order valence-electron chi connectivity index (χ4n) is 1.03. The maximum Gasteiger partial charge on any atom is 0.320 e. The van der Waals surface area contributed by atoms with Gasteiger partial charge in [0, 0.05) is 5.02 Å². The van der Waals surface area contributed by atoms with E-state index in [-0.39, 0.29) is 12.2 Å². The summed E-state index contributed by atoms with van der Waals surface area (Å²) < 4.78 is 0. The molecule has 1 aromatic rings. The van der Waals surface area contributed by atoms with Gasteiger partial charge in [-0.2, -0.15) is 0 Å². The van der Waals surface area contributed by atoms with Crippen LogP contribution in [0.2, 0.25) is 5.02 Å². The molecule has 0 fully saturated rings. The Morgan fingerprint density at radius 2 is 2.21 bits per heavy atom. The first kappa shape index (κ1) is 10.8. The molecule has 0 heterocycles. The van der Waals surface area contributed by atoms with E-state index < -0.39 is 12.0 Å². The van der Waals surface area contributed by atoms with E-state index in [1.165, 1.54) is 12.1 Å². The van der Waals surface area contributed by atoms with E-state index >= 15 is 0 Å². The van der Waals surface area contributed by atoms with Gasteiger partial charge < -0.3 is 15.9 Å². The van der Waals surface area contributed by atoms with Gasteiger partial charge in [0.05, 0.1) is 0 Å². The molecule has 14 heavy (non-hydrogen) atoms. The number of rotatable bonds is 3. The lowest BCUT2D eigenvalue weighted by Crippen LogP contribution is -2.32. The second-order valence-corrected chi connectivity index (χ2v) is 3.33. The van der Waals surface area contributed by atoms with Gasteiger partial charge in [-0.3, -0.25) is 4.79 Å². The van der Waals surface area contributed by atoms with Crippen molar-refractivity contribution in [2.24, 2.45) is 5.73 Å². The van der Waals surface area contributed by atoms with E-state index in [9.17, 15) is 4.79 Å². The predicted molar refractivity (Wildman–Crippen MR) is 52.4 cm³/mol. The molecule has 0 saturated carbocycles. The van der Waals surface area contributed by atoms with E-state index in [1.54, 1.807) is 6.07 Å². The van der Waals surface area contributed by atoms with Gasteiger partial charge >= 0.3 is 5.97 Å². The van der Waals surface area contributed by atoms with Crippen LogP contribution in [0.5, 0.6) is 5.75 Å². The Morgan fingerprint density at radius 1 is 1.57 bits per heavy atom. The Bertz CT molecular complexity index is 354. The van der Waals surface area contributed by atoms with Crippen molar-refractivity contribution >= 4 is 17.6 Å². The third-order valence-electron chi connectivity index (χ3n) is 1.79. The van der Waals surface area contributed by atoms with Gasteiger partial charge in [0.25, 0.3) is 0 Å². The standard InChI is InChI=1S/C9H10ClNO3/c10-7-4-6(12)2-1-5(7)3-8(11)9(13)14/h1-2,4,8,12H,3,11H2,(H,13,14)/t8-/m0/s1. The first-order chi connectivity index (χ1) is 6.50. The van der Waals surface area contributed by atoms with Gasteiger partial charge in [-0.15, -0.1) is 0 Å². The molecule has 0 aliphatic carbocycles. The lowest BCUT2D eigenvalue weighted by Gasteiger charge is -2.08. The maximum atomic E-state index is 10.5. The number of carboxylic acid groups (broad SMARTS) is 1. The second-order valence-electron chi connectivity index (χ2n) is 2.92. The summed E-state index contributed by atoms with van der Waals surface area (Å²) in [6, 6.07) is 3.37. The predicted octanol–water partition coefficient (Wildman–Crippen LogP) is 1.00. The normalized spacial score (nSPS) is 12.4. The summed E-state index contributed by atoms with van der Waals surface area (Å²) in [4.78, 5) is 10.5. The van der Waals surface area contributed by atoms with Gasteiger partial charge in [0.15, 0.2) is 0 Å². The van der Waals surface area contributed by atoms with Crippen molar-refractivity contribution < 1.29 is 15.0 Å². The van der Waals surface area contributed by atoms with Gasteiger partial charge in [-0.1, -0.05) is 17.7 Å². The zero-order valence-corrected chi connectivity index (χ0v) is 8.03. The molecule has 0 bridgehead atoms. The molecule has 4 nitrogen and oxygen atoms in total. The third-order valence-corrected chi connectivity index (χ3v) is 2.15. The number of aromatic hydroxyl groups is 1. The number of halogens is 1. The summed E-state index contributed by atoms with van der Waals surface area (Å²) in [5.74, 6) is -1.03. The summed E-state index contributed by atoms with van der Waals surface area (Å²) in [5.41, 5.74) is 5.95. The molecule has 0 amide bonds. The highest BCUT2D eigenvalue weighted by molar-refractivity contribution is 6.31. The zero-order valence-electron chi connectivity index (χ0n) is 7.27. The fraction of sp³-hybridized carbons (Fsp3) is 0.222. The van der Waals surface area contributed by atoms with Crippen LogP contribution < -0.4 is 5.73 Å². The van der Waals surface area contributed by atoms with Crippen LogP contribution in [0.25, 0.3) is 0 Å². The molecule has 0 unspecified atom stereocenters. The maximum absolute atomic E-state index is 10.5. The SMILES string of the molecule is N[C@@H](Cc1ccc(O)cc1Cl)C(=O)O. The fourth-order valence-corrected chi connectivity index (χ4v) is 1.28. The molecule has 5 heteroatoms. The van der Waals surface area contributed by atoms with Crippen LogP contribution >= 0.6 is 11.6 Å². The van der Waals surface area contributed by atoms with Gasteiger partial charge in [-0.25, -0.2) is 0 Å². The van der Waals surface area contributed by atoms with Crippen LogP contribution in [0, 0.1) is 0 Å². The number of phenols is 1. The van der Waals surface area contributed by atoms with E-state index in [1.807, 2.05) is 0 Å². The molecule has 0 aliphatic heterocycles. The van der Waals surface area contributed by atoms with Gasteiger partial charge in [0.1, 0.15) is 11.8 Å². The number of carbonyl (C=O) groups is 1. The van der Waals surface area contributed by atoms with Crippen LogP contribution in [0.4, 0.5) is 0 Å². The number of carboxylic acids is 1. The highest BCUT2D eigenvalue weighted by atomic mass is 35.5. The first-order valence-electron chi connectivity index (χ1n) is 3.96. The van der Waals surface area contributed by atoms with E-state index in [2.05, 4.69) is 0 Å². The quantitative estimate of drug-likeness (QED) is 0.703. The number of hydrogen-bond acceptors (Lipinski definition) is 3.